The molecular weight excluding hydrogens is 366 g/mol. The molecular formula is C18H25N5O3S. The van der Waals surface area contributed by atoms with Crippen LogP contribution in [0.2, 0.25) is 0 Å². The van der Waals surface area contributed by atoms with Crippen LogP contribution in [0.25, 0.3) is 0 Å². The van der Waals surface area contributed by atoms with E-state index in [2.05, 4.69) is 29.4 Å². The van der Waals surface area contributed by atoms with Gasteiger partial charge in [0, 0.05) is 6.54 Å². The summed E-state index contributed by atoms with van der Waals surface area (Å²) in [7, 11) is 0. The van der Waals surface area contributed by atoms with Gasteiger partial charge in [-0.2, -0.15) is 0 Å². The molecule has 1 aromatic heterocycles. The molecule has 1 atom stereocenters. The lowest BCUT2D eigenvalue weighted by Gasteiger charge is -2.14. The summed E-state index contributed by atoms with van der Waals surface area (Å²) in [5.41, 5.74) is 5.00. The molecule has 0 unspecified atom stereocenters. The number of nitrogens with two attached hydrogens (primary N) is 1. The van der Waals surface area contributed by atoms with Crippen LogP contribution < -0.4 is 15.8 Å². The molecule has 2 aromatic rings. The number of carbonyl (C=O) groups excluding carboxylic acids is 2. The molecule has 0 saturated heterocycles. The summed E-state index contributed by atoms with van der Waals surface area (Å²) in [6.45, 7) is 6.95. The molecule has 146 valence electrons. The van der Waals surface area contributed by atoms with E-state index in [0.717, 1.165) is 12.2 Å². The fourth-order valence-electron chi connectivity index (χ4n) is 2.22. The zero-order valence-electron chi connectivity index (χ0n) is 15.7. The SMILES string of the molecule is CC(C)CCn1c(COc2ccccc2)nnc1S[C@H](C)C(=O)NC(N)=O. The van der Waals surface area contributed by atoms with E-state index in [-0.39, 0.29) is 6.61 Å². The van der Waals surface area contributed by atoms with Gasteiger partial charge in [0.2, 0.25) is 5.91 Å². The predicted octanol–water partition coefficient (Wildman–Crippen LogP) is 2.58. The van der Waals surface area contributed by atoms with Gasteiger partial charge in [0.25, 0.3) is 0 Å². The van der Waals surface area contributed by atoms with Crippen molar-refractivity contribution in [3.8, 4) is 5.75 Å². The van der Waals surface area contributed by atoms with Crippen molar-refractivity contribution < 1.29 is 14.3 Å². The van der Waals surface area contributed by atoms with Crippen molar-refractivity contribution in [1.82, 2.24) is 20.1 Å². The molecule has 9 heteroatoms. The van der Waals surface area contributed by atoms with Gasteiger partial charge in [-0.05, 0) is 31.4 Å². The first-order chi connectivity index (χ1) is 12.9. The van der Waals surface area contributed by atoms with E-state index in [1.165, 1.54) is 11.8 Å². The maximum Gasteiger partial charge on any atom is 0.318 e. The second-order valence-electron chi connectivity index (χ2n) is 6.45. The molecule has 1 heterocycles. The number of rotatable bonds is 9. The molecule has 0 aliphatic rings. The molecule has 0 spiro atoms. The molecule has 27 heavy (non-hydrogen) atoms. The zero-order chi connectivity index (χ0) is 19.8. The topological polar surface area (TPSA) is 112 Å². The fourth-order valence-corrected chi connectivity index (χ4v) is 3.12. The third-order valence-corrected chi connectivity index (χ3v) is 4.81. The minimum atomic E-state index is -0.870. The van der Waals surface area contributed by atoms with Crippen LogP contribution in [-0.2, 0) is 17.9 Å². The third-order valence-electron chi connectivity index (χ3n) is 3.73. The van der Waals surface area contributed by atoms with Crippen LogP contribution in [0, 0.1) is 5.92 Å². The Bertz CT molecular complexity index is 764. The van der Waals surface area contributed by atoms with Crippen molar-refractivity contribution in [3.63, 3.8) is 0 Å². The van der Waals surface area contributed by atoms with E-state index in [1.807, 2.05) is 34.9 Å². The number of aromatic nitrogens is 3. The summed E-state index contributed by atoms with van der Waals surface area (Å²) in [5.74, 6) is 1.47. The number of hydrogen-bond donors (Lipinski definition) is 2. The number of ether oxygens (including phenoxy) is 1. The van der Waals surface area contributed by atoms with Gasteiger partial charge >= 0.3 is 6.03 Å². The Morgan fingerprint density at radius 1 is 1.22 bits per heavy atom. The van der Waals surface area contributed by atoms with E-state index >= 15 is 0 Å². The number of hydrogen-bond acceptors (Lipinski definition) is 6. The number of carbonyl (C=O) groups is 2. The number of nitrogens with zero attached hydrogens (tertiary/aromatic N) is 3. The number of benzene rings is 1. The van der Waals surface area contributed by atoms with Gasteiger partial charge in [-0.3, -0.25) is 10.1 Å². The summed E-state index contributed by atoms with van der Waals surface area (Å²) in [6, 6.07) is 8.61. The summed E-state index contributed by atoms with van der Waals surface area (Å²) in [5, 5.41) is 10.6. The van der Waals surface area contributed by atoms with Crippen molar-refractivity contribution in [2.45, 2.75) is 50.8 Å². The molecule has 0 fully saturated rings. The Kier molecular flexibility index (Phi) is 7.66. The van der Waals surface area contributed by atoms with Crippen molar-refractivity contribution in [2.75, 3.05) is 0 Å². The van der Waals surface area contributed by atoms with Crippen molar-refractivity contribution in [1.29, 1.82) is 0 Å². The lowest BCUT2D eigenvalue weighted by Crippen LogP contribution is -2.39. The molecule has 1 aromatic carbocycles. The minimum Gasteiger partial charge on any atom is -0.486 e. The average Bonchev–Trinajstić information content (AvgIpc) is 3.00. The number of nitrogens with one attached hydrogen (secondary N) is 1. The van der Waals surface area contributed by atoms with Gasteiger partial charge in [-0.1, -0.05) is 43.8 Å². The predicted molar refractivity (Wildman–Crippen MR) is 103 cm³/mol. The quantitative estimate of drug-likeness (QED) is 0.635. The van der Waals surface area contributed by atoms with Gasteiger partial charge in [0.15, 0.2) is 11.0 Å². The smallest absolute Gasteiger partial charge is 0.318 e. The highest BCUT2D eigenvalue weighted by Crippen LogP contribution is 2.24. The molecule has 2 rings (SSSR count). The first kappa shape index (κ1) is 20.8. The highest BCUT2D eigenvalue weighted by molar-refractivity contribution is 8.00. The van der Waals surface area contributed by atoms with E-state index < -0.39 is 17.2 Å². The van der Waals surface area contributed by atoms with Gasteiger partial charge < -0.3 is 15.0 Å². The first-order valence-corrected chi connectivity index (χ1v) is 9.61. The fraction of sp³-hybridized carbons (Fsp3) is 0.444. The summed E-state index contributed by atoms with van der Waals surface area (Å²) in [4.78, 5) is 22.8. The number of para-hydroxylation sites is 1. The van der Waals surface area contributed by atoms with Crippen LogP contribution in [-0.4, -0.2) is 32.0 Å². The van der Waals surface area contributed by atoms with Gasteiger partial charge in [0.1, 0.15) is 12.4 Å². The van der Waals surface area contributed by atoms with Gasteiger partial charge in [-0.15, -0.1) is 10.2 Å². The Labute approximate surface area is 162 Å². The molecule has 3 N–H and O–H groups in total. The number of primary amides is 1. The van der Waals surface area contributed by atoms with Crippen molar-refractivity contribution in [3.05, 3.63) is 36.2 Å². The monoisotopic (exact) mass is 391 g/mol. The summed E-state index contributed by atoms with van der Waals surface area (Å²) >= 11 is 1.23. The maximum absolute atomic E-state index is 11.9. The second kappa shape index (κ2) is 9.96. The van der Waals surface area contributed by atoms with Crippen molar-refractivity contribution >= 4 is 23.7 Å². The Hall–Kier alpha value is -2.55. The summed E-state index contributed by atoms with van der Waals surface area (Å²) < 4.78 is 7.74. The molecule has 0 bridgehead atoms. The highest BCUT2D eigenvalue weighted by Gasteiger charge is 2.21. The standard InChI is InChI=1S/C18H25N5O3S/c1-12(2)9-10-23-15(11-26-14-7-5-4-6-8-14)21-22-18(23)27-13(3)16(24)20-17(19)25/h4-8,12-13H,9-11H2,1-3H3,(H3,19,20,24,25)/t13-/m1/s1. The number of thioether (sulfide) groups is 1. The van der Waals surface area contributed by atoms with E-state index in [1.54, 1.807) is 6.92 Å². The largest absolute Gasteiger partial charge is 0.486 e. The Balaban J connectivity index is 2.12. The van der Waals surface area contributed by atoms with Crippen LogP contribution in [0.1, 0.15) is 33.0 Å². The van der Waals surface area contributed by atoms with Crippen LogP contribution >= 0.6 is 11.8 Å². The molecule has 0 aliphatic heterocycles. The number of amides is 3. The zero-order valence-corrected chi connectivity index (χ0v) is 16.5. The molecule has 3 amide bonds. The molecule has 0 saturated carbocycles. The second-order valence-corrected chi connectivity index (χ2v) is 7.76. The minimum absolute atomic E-state index is 0.275. The van der Waals surface area contributed by atoms with E-state index in [4.69, 9.17) is 10.5 Å². The molecule has 0 aliphatic carbocycles. The van der Waals surface area contributed by atoms with Crippen LogP contribution in [0.3, 0.4) is 0 Å². The van der Waals surface area contributed by atoms with Crippen molar-refractivity contribution in [2.24, 2.45) is 11.7 Å². The van der Waals surface area contributed by atoms with Crippen LogP contribution in [0.5, 0.6) is 5.75 Å². The van der Waals surface area contributed by atoms with Crippen LogP contribution in [0.4, 0.5) is 4.79 Å². The number of urea groups is 1. The van der Waals surface area contributed by atoms with Gasteiger partial charge in [-0.25, -0.2) is 4.79 Å². The lowest BCUT2D eigenvalue weighted by molar-refractivity contribution is -0.119. The van der Waals surface area contributed by atoms with E-state index in [0.29, 0.717) is 23.4 Å². The first-order valence-electron chi connectivity index (χ1n) is 8.73. The van der Waals surface area contributed by atoms with E-state index in [9.17, 15) is 9.59 Å². The Morgan fingerprint density at radius 2 is 1.93 bits per heavy atom. The normalized spacial score (nSPS) is 12.0. The van der Waals surface area contributed by atoms with Gasteiger partial charge in [0.05, 0.1) is 5.25 Å². The average molecular weight is 391 g/mol. The lowest BCUT2D eigenvalue weighted by atomic mass is 10.1. The third kappa shape index (κ3) is 6.59. The maximum atomic E-state index is 11.9. The Morgan fingerprint density at radius 3 is 2.56 bits per heavy atom. The summed E-state index contributed by atoms with van der Waals surface area (Å²) in [6.07, 6.45) is 0.936. The molecule has 8 nitrogen and oxygen atoms in total. The number of imide groups is 1. The highest BCUT2D eigenvalue weighted by atomic mass is 32.2. The van der Waals surface area contributed by atoms with Crippen LogP contribution in [0.15, 0.2) is 35.5 Å². The molecule has 0 radical (unpaired) electrons.